The van der Waals surface area contributed by atoms with Crippen LogP contribution in [-0.2, 0) is 15.2 Å². The Morgan fingerprint density at radius 1 is 1.14 bits per heavy atom. The van der Waals surface area contributed by atoms with Crippen LogP contribution in [0.5, 0.6) is 0 Å². The fourth-order valence-corrected chi connectivity index (χ4v) is 4.78. The van der Waals surface area contributed by atoms with Crippen LogP contribution in [0.15, 0.2) is 35.5 Å². The summed E-state index contributed by atoms with van der Waals surface area (Å²) in [5, 5.41) is 4.16. The number of hydrogen-bond donors (Lipinski definition) is 1. The molecule has 0 amide bonds. The summed E-state index contributed by atoms with van der Waals surface area (Å²) in [7, 11) is 2.64. The van der Waals surface area contributed by atoms with E-state index in [4.69, 9.17) is 51.2 Å². The molecule has 0 aromatic heterocycles. The topological polar surface area (TPSA) is 77.0 Å². The summed E-state index contributed by atoms with van der Waals surface area (Å²) in [6.07, 6.45) is -5.62. The number of likely N-dealkylation sites (N-methyl/N-ethyl adjacent to an activating group) is 1. The number of rotatable bonds is 6. The fourth-order valence-electron chi connectivity index (χ4n) is 3.27. The number of carbonyl (C=O) groups is 2. The SMILES string of the molecule is CNC(SC(=O)OC)C(=O)c1ccc(C2=NOC(c3cc(Cl)c(Cl)c(Cl)c3)(C(F)(F)F)C2)cc1Cl. The van der Waals surface area contributed by atoms with Crippen molar-refractivity contribution < 1.29 is 32.3 Å². The van der Waals surface area contributed by atoms with Crippen molar-refractivity contribution >= 4 is 75.0 Å². The highest BCUT2D eigenvalue weighted by Gasteiger charge is 2.62. The molecule has 2 aromatic rings. The number of methoxy groups -OCH3 is 1. The summed E-state index contributed by atoms with van der Waals surface area (Å²) >= 11 is 24.7. The molecule has 0 fully saturated rings. The second-order valence-electron chi connectivity index (χ2n) is 7.18. The zero-order valence-electron chi connectivity index (χ0n) is 17.8. The number of ketones is 1. The normalized spacial score (nSPS) is 18.6. The lowest BCUT2D eigenvalue weighted by Gasteiger charge is -2.30. The molecule has 14 heteroatoms. The number of alkyl halides is 3. The van der Waals surface area contributed by atoms with Crippen LogP contribution in [0.3, 0.4) is 0 Å². The van der Waals surface area contributed by atoms with E-state index in [1.54, 1.807) is 0 Å². The Kier molecular flexibility index (Phi) is 8.56. The van der Waals surface area contributed by atoms with Crippen LogP contribution in [0.2, 0.25) is 20.1 Å². The van der Waals surface area contributed by atoms with E-state index in [2.05, 4.69) is 15.2 Å². The number of halogens is 7. The molecule has 0 radical (unpaired) electrons. The van der Waals surface area contributed by atoms with E-state index in [0.29, 0.717) is 11.8 Å². The van der Waals surface area contributed by atoms with E-state index in [0.717, 1.165) is 12.1 Å². The van der Waals surface area contributed by atoms with Crippen LogP contribution in [0.4, 0.5) is 18.0 Å². The Morgan fingerprint density at radius 3 is 2.29 bits per heavy atom. The van der Waals surface area contributed by atoms with Crippen LogP contribution in [0, 0.1) is 0 Å². The summed E-state index contributed by atoms with van der Waals surface area (Å²) in [5.74, 6) is -0.529. The van der Waals surface area contributed by atoms with Gasteiger partial charge in [0, 0.05) is 23.1 Å². The second-order valence-corrected chi connectivity index (χ2v) is 9.82. The van der Waals surface area contributed by atoms with Gasteiger partial charge in [-0.3, -0.25) is 4.79 Å². The number of nitrogens with zero attached hydrogens (tertiary/aromatic N) is 1. The van der Waals surface area contributed by atoms with Gasteiger partial charge in [0.15, 0.2) is 5.78 Å². The number of ether oxygens (including phenoxy) is 1. The van der Waals surface area contributed by atoms with Gasteiger partial charge in [0.25, 0.3) is 5.60 Å². The van der Waals surface area contributed by atoms with Gasteiger partial charge in [0.05, 0.1) is 32.9 Å². The zero-order valence-corrected chi connectivity index (χ0v) is 21.6. The molecule has 1 aliphatic heterocycles. The Balaban J connectivity index is 1.92. The summed E-state index contributed by atoms with van der Waals surface area (Å²) in [5.41, 5.74) is -3.07. The van der Waals surface area contributed by atoms with Crippen molar-refractivity contribution in [2.45, 2.75) is 23.6 Å². The highest BCUT2D eigenvalue weighted by molar-refractivity contribution is 8.14. The van der Waals surface area contributed by atoms with E-state index in [1.807, 2.05) is 0 Å². The highest BCUT2D eigenvalue weighted by Crippen LogP contribution is 2.50. The molecule has 0 saturated carbocycles. The summed E-state index contributed by atoms with van der Waals surface area (Å²) in [6.45, 7) is 0. The van der Waals surface area contributed by atoms with Crippen LogP contribution >= 0.6 is 58.2 Å². The van der Waals surface area contributed by atoms with Crippen molar-refractivity contribution in [1.29, 1.82) is 0 Å². The monoisotopic (exact) mass is 588 g/mol. The van der Waals surface area contributed by atoms with Gasteiger partial charge in [0.2, 0.25) is 0 Å². The lowest BCUT2D eigenvalue weighted by molar-refractivity contribution is -0.275. The van der Waals surface area contributed by atoms with Gasteiger partial charge >= 0.3 is 11.5 Å². The maximum atomic E-state index is 14.2. The minimum absolute atomic E-state index is 0.0454. The summed E-state index contributed by atoms with van der Waals surface area (Å²) < 4.78 is 47.2. The second kappa shape index (κ2) is 10.7. The molecule has 1 heterocycles. The Bertz CT molecular complexity index is 1190. The van der Waals surface area contributed by atoms with Crippen molar-refractivity contribution in [2.24, 2.45) is 5.16 Å². The molecule has 0 aliphatic carbocycles. The van der Waals surface area contributed by atoms with E-state index in [1.165, 1.54) is 32.4 Å². The van der Waals surface area contributed by atoms with Gasteiger partial charge in [-0.1, -0.05) is 57.6 Å². The maximum absolute atomic E-state index is 14.2. The number of nitrogens with one attached hydrogen (secondary N) is 1. The third kappa shape index (κ3) is 5.52. The van der Waals surface area contributed by atoms with Gasteiger partial charge in [-0.05, 0) is 43.1 Å². The predicted molar refractivity (Wildman–Crippen MR) is 130 cm³/mol. The number of thioether (sulfide) groups is 1. The van der Waals surface area contributed by atoms with E-state index in [-0.39, 0.29) is 42.5 Å². The smallest absolute Gasteiger partial charge is 0.435 e. The number of hydrogen-bond acceptors (Lipinski definition) is 7. The van der Waals surface area contributed by atoms with E-state index in [9.17, 15) is 22.8 Å². The lowest BCUT2D eigenvalue weighted by Crippen LogP contribution is -2.42. The standard InChI is InChI=1S/C21H15Cl4F3N2O4S/c1-29-18(35-19(32)33-2)17(31)11-4-3-9(5-12(11)22)15-8-20(34-30-15,21(26,27)28)10-6-13(23)16(25)14(24)7-10/h3-7,18,29H,8H2,1-2H3. The van der Waals surface area contributed by atoms with Crippen LogP contribution < -0.4 is 5.32 Å². The Hall–Kier alpha value is -1.69. The first-order valence-electron chi connectivity index (χ1n) is 9.57. The van der Waals surface area contributed by atoms with Crippen LogP contribution in [0.1, 0.15) is 27.9 Å². The van der Waals surface area contributed by atoms with Crippen LogP contribution in [-0.4, -0.2) is 42.5 Å². The molecule has 2 atom stereocenters. The zero-order chi connectivity index (χ0) is 26.1. The molecule has 2 aromatic carbocycles. The van der Waals surface area contributed by atoms with Gasteiger partial charge in [0.1, 0.15) is 5.37 Å². The van der Waals surface area contributed by atoms with Crippen molar-refractivity contribution in [3.05, 3.63) is 67.1 Å². The Morgan fingerprint density at radius 2 is 1.77 bits per heavy atom. The summed E-state index contributed by atoms with van der Waals surface area (Å²) in [6, 6.07) is 6.04. The molecule has 0 saturated heterocycles. The molecule has 188 valence electrons. The van der Waals surface area contributed by atoms with E-state index < -0.39 is 34.7 Å². The highest BCUT2D eigenvalue weighted by atomic mass is 35.5. The Labute approximate surface area is 222 Å². The minimum atomic E-state index is -4.90. The molecule has 3 rings (SSSR count). The maximum Gasteiger partial charge on any atom is 0.435 e. The number of carbonyl (C=O) groups excluding carboxylic acids is 2. The molecule has 6 nitrogen and oxygen atoms in total. The first-order chi connectivity index (χ1) is 16.3. The van der Waals surface area contributed by atoms with Gasteiger partial charge in [-0.25, -0.2) is 4.79 Å². The minimum Gasteiger partial charge on any atom is -0.461 e. The van der Waals surface area contributed by atoms with Gasteiger partial charge in [-0.15, -0.1) is 0 Å². The molecular weight excluding hydrogens is 575 g/mol. The molecule has 0 bridgehead atoms. The largest absolute Gasteiger partial charge is 0.461 e. The van der Waals surface area contributed by atoms with E-state index >= 15 is 0 Å². The number of Topliss-reactive ketones (excluding diaryl/α,β-unsaturated/α-hetero) is 1. The molecule has 0 spiro atoms. The van der Waals surface area contributed by atoms with Crippen molar-refractivity contribution in [2.75, 3.05) is 14.2 Å². The van der Waals surface area contributed by atoms with Crippen molar-refractivity contribution in [3.63, 3.8) is 0 Å². The average Bonchev–Trinajstić information content (AvgIpc) is 3.27. The number of oxime groups is 1. The lowest BCUT2D eigenvalue weighted by atomic mass is 9.86. The van der Waals surface area contributed by atoms with Crippen molar-refractivity contribution in [3.8, 4) is 0 Å². The average molecular weight is 590 g/mol. The molecular formula is C21H15Cl4F3N2O4S. The molecule has 1 N–H and O–H groups in total. The van der Waals surface area contributed by atoms with Crippen molar-refractivity contribution in [1.82, 2.24) is 5.32 Å². The number of benzene rings is 2. The van der Waals surface area contributed by atoms with Gasteiger partial charge < -0.3 is 14.9 Å². The quantitative estimate of drug-likeness (QED) is 0.167. The predicted octanol–water partition coefficient (Wildman–Crippen LogP) is 7.11. The third-order valence-corrected chi connectivity index (χ3v) is 7.64. The fraction of sp³-hybridized carbons (Fsp3) is 0.286. The van der Waals surface area contributed by atoms with Crippen LogP contribution in [0.25, 0.3) is 0 Å². The van der Waals surface area contributed by atoms with Gasteiger partial charge in [-0.2, -0.15) is 13.2 Å². The summed E-state index contributed by atoms with van der Waals surface area (Å²) in [4.78, 5) is 29.3. The molecule has 35 heavy (non-hydrogen) atoms. The third-order valence-electron chi connectivity index (χ3n) is 5.08. The molecule has 2 unspecified atom stereocenters. The molecule has 1 aliphatic rings. The first kappa shape index (κ1) is 27.9. The first-order valence-corrected chi connectivity index (χ1v) is 12.0.